The van der Waals surface area contributed by atoms with Crippen molar-refractivity contribution in [1.82, 2.24) is 36.6 Å². The maximum Gasteiger partial charge on any atom is 0.326 e. The molecule has 1 aromatic rings. The number of carbonyl (C=O) groups is 5. The van der Waals surface area contributed by atoms with E-state index in [0.717, 1.165) is 18.6 Å². The first kappa shape index (κ1) is 30.2. The van der Waals surface area contributed by atoms with Gasteiger partial charge in [0.25, 0.3) is 0 Å². The molecule has 2 unspecified atom stereocenters. The molecule has 5 atom stereocenters. The highest BCUT2D eigenvalue weighted by Gasteiger charge is 2.42. The van der Waals surface area contributed by atoms with Crippen LogP contribution in [0.4, 0.5) is 4.79 Å². The number of carbonyl (C=O) groups excluding carboxylic acids is 4. The van der Waals surface area contributed by atoms with Crippen molar-refractivity contribution < 1.29 is 29.1 Å². The van der Waals surface area contributed by atoms with E-state index in [2.05, 4.69) is 36.6 Å². The Morgan fingerprint density at radius 1 is 1.10 bits per heavy atom. The lowest BCUT2D eigenvalue weighted by molar-refractivity contribution is -0.142. The van der Waals surface area contributed by atoms with Crippen molar-refractivity contribution in [3.63, 3.8) is 0 Å². The van der Waals surface area contributed by atoms with Gasteiger partial charge in [0.1, 0.15) is 12.1 Å². The third kappa shape index (κ3) is 9.73. The van der Waals surface area contributed by atoms with Gasteiger partial charge in [-0.25, -0.2) is 14.6 Å². The van der Waals surface area contributed by atoms with Crippen LogP contribution in [0.15, 0.2) is 12.5 Å². The van der Waals surface area contributed by atoms with Crippen LogP contribution in [0.1, 0.15) is 50.6 Å². The van der Waals surface area contributed by atoms with Crippen molar-refractivity contribution in [1.29, 1.82) is 0 Å². The number of nitrogens with zero attached hydrogens (tertiary/aromatic N) is 1. The van der Waals surface area contributed by atoms with Crippen LogP contribution < -0.4 is 32.3 Å². The minimum atomic E-state index is -1.17. The zero-order valence-electron chi connectivity index (χ0n) is 21.7. The molecule has 1 aromatic heterocycles. The molecule has 39 heavy (non-hydrogen) atoms. The topological polar surface area (TPSA) is 220 Å². The first-order valence-electron chi connectivity index (χ1n) is 13.2. The Balaban J connectivity index is 1.40. The molecule has 0 spiro atoms. The summed E-state index contributed by atoms with van der Waals surface area (Å²) < 4.78 is 0. The van der Waals surface area contributed by atoms with Gasteiger partial charge in [-0.1, -0.05) is 6.42 Å². The number of aromatic nitrogens is 2. The number of rotatable bonds is 17. The zero-order valence-corrected chi connectivity index (χ0v) is 22.6. The van der Waals surface area contributed by atoms with Crippen molar-refractivity contribution in [2.75, 3.05) is 18.8 Å². The van der Waals surface area contributed by atoms with Gasteiger partial charge in [-0.2, -0.15) is 11.8 Å². The Kier molecular flexibility index (Phi) is 11.9. The first-order valence-corrected chi connectivity index (χ1v) is 14.3. The van der Waals surface area contributed by atoms with Crippen LogP contribution in [0.3, 0.4) is 0 Å². The van der Waals surface area contributed by atoms with Gasteiger partial charge in [0, 0.05) is 35.7 Å². The summed E-state index contributed by atoms with van der Waals surface area (Å²) in [6, 6.07) is -2.01. The average molecular weight is 567 g/mol. The van der Waals surface area contributed by atoms with Crippen molar-refractivity contribution >= 4 is 41.5 Å². The number of aliphatic carboxylic acids is 1. The number of thioether (sulfide) groups is 1. The molecule has 5 amide bonds. The van der Waals surface area contributed by atoms with E-state index < -0.39 is 29.9 Å². The van der Waals surface area contributed by atoms with Gasteiger partial charge in [-0.05, 0) is 38.6 Å². The van der Waals surface area contributed by atoms with Gasteiger partial charge in [0.2, 0.25) is 17.7 Å². The summed E-state index contributed by atoms with van der Waals surface area (Å²) in [7, 11) is 0. The molecule has 0 aromatic carbocycles. The fraction of sp³-hybridized carbons (Fsp3) is 0.667. The number of fused-ring (bicyclic) bond motifs is 1. The maximum atomic E-state index is 12.9. The molecule has 14 nitrogen and oxygen atoms in total. The lowest BCUT2D eigenvalue weighted by Gasteiger charge is -2.21. The fourth-order valence-corrected chi connectivity index (χ4v) is 6.18. The largest absolute Gasteiger partial charge is 0.480 e. The van der Waals surface area contributed by atoms with E-state index in [1.54, 1.807) is 0 Å². The lowest BCUT2D eigenvalue weighted by Crippen LogP contribution is -2.54. The van der Waals surface area contributed by atoms with Gasteiger partial charge in [0.05, 0.1) is 25.0 Å². The smallest absolute Gasteiger partial charge is 0.326 e. The second kappa shape index (κ2) is 15.3. The van der Waals surface area contributed by atoms with E-state index in [9.17, 15) is 29.1 Å². The van der Waals surface area contributed by atoms with E-state index in [-0.39, 0.29) is 49.8 Å². The van der Waals surface area contributed by atoms with Crippen LogP contribution >= 0.6 is 11.8 Å². The van der Waals surface area contributed by atoms with Crippen LogP contribution in [0, 0.1) is 0 Å². The van der Waals surface area contributed by atoms with Crippen molar-refractivity contribution in [3.05, 3.63) is 18.2 Å². The number of nitrogens with one attached hydrogen (secondary N) is 6. The van der Waals surface area contributed by atoms with Gasteiger partial charge >= 0.3 is 12.0 Å². The number of aromatic amines is 1. The van der Waals surface area contributed by atoms with Crippen molar-refractivity contribution in [2.45, 2.75) is 80.8 Å². The third-order valence-corrected chi connectivity index (χ3v) is 8.23. The van der Waals surface area contributed by atoms with Crippen LogP contribution in [-0.2, 0) is 25.6 Å². The minimum absolute atomic E-state index is 0.0671. The molecule has 0 saturated carbocycles. The maximum absolute atomic E-state index is 12.9. The number of hydrogen-bond acceptors (Lipinski definition) is 8. The Labute approximate surface area is 230 Å². The van der Waals surface area contributed by atoms with E-state index in [0.29, 0.717) is 36.8 Å². The molecule has 2 aliphatic heterocycles. The molecule has 0 bridgehead atoms. The lowest BCUT2D eigenvalue weighted by atomic mass is 10.0. The van der Waals surface area contributed by atoms with Gasteiger partial charge in [0.15, 0.2) is 0 Å². The second-order valence-corrected chi connectivity index (χ2v) is 11.0. The molecule has 2 aliphatic rings. The molecular weight excluding hydrogens is 528 g/mol. The normalized spacial score (nSPS) is 21.3. The van der Waals surface area contributed by atoms with Crippen molar-refractivity contribution in [3.8, 4) is 0 Å². The van der Waals surface area contributed by atoms with Crippen LogP contribution in [0.25, 0.3) is 0 Å². The quantitative estimate of drug-likeness (QED) is 0.0852. The molecule has 0 aliphatic carbocycles. The van der Waals surface area contributed by atoms with E-state index in [4.69, 9.17) is 5.73 Å². The Bertz CT molecular complexity index is 993. The molecule has 3 heterocycles. The highest BCUT2D eigenvalue weighted by Crippen LogP contribution is 2.33. The monoisotopic (exact) mass is 566 g/mol. The number of H-pyrrole nitrogens is 1. The molecule has 9 N–H and O–H groups in total. The van der Waals surface area contributed by atoms with Gasteiger partial charge in [-0.15, -0.1) is 0 Å². The van der Waals surface area contributed by atoms with Crippen LogP contribution in [0.2, 0.25) is 0 Å². The molecule has 2 fully saturated rings. The summed E-state index contributed by atoms with van der Waals surface area (Å²) in [6.07, 6.45) is 6.99. The summed E-state index contributed by atoms with van der Waals surface area (Å²) in [5.41, 5.74) is 6.04. The van der Waals surface area contributed by atoms with Gasteiger partial charge in [-0.3, -0.25) is 14.4 Å². The summed E-state index contributed by atoms with van der Waals surface area (Å²) in [5.74, 6) is -1.79. The number of unbranched alkanes of at least 4 members (excludes halogenated alkanes) is 2. The Hall–Kier alpha value is -3.33. The molecule has 216 valence electrons. The average Bonchev–Trinajstić information content (AvgIpc) is 3.63. The summed E-state index contributed by atoms with van der Waals surface area (Å²) in [5, 5.41) is 23.3. The zero-order chi connectivity index (χ0) is 28.2. The van der Waals surface area contributed by atoms with E-state index in [1.165, 1.54) is 12.5 Å². The number of carboxylic acid groups (broad SMARTS) is 1. The summed E-state index contributed by atoms with van der Waals surface area (Å²) in [6.45, 7) is 0.104. The third-order valence-electron chi connectivity index (χ3n) is 6.72. The molecular formula is C24H38N8O6S. The fourth-order valence-electron chi connectivity index (χ4n) is 4.63. The number of hydrogen-bond donors (Lipinski definition) is 8. The SMILES string of the molecule is NCCCCC(NC(=O)C(Cc1cnc[nH]1)NC(=O)CNC(=O)CCCC[C@@H]1SC[C@@H]2NC(=O)N[C@@H]21)C(=O)O. The molecule has 0 radical (unpaired) electrons. The number of urea groups is 1. The van der Waals surface area contributed by atoms with Crippen LogP contribution in [0.5, 0.6) is 0 Å². The highest BCUT2D eigenvalue weighted by atomic mass is 32.2. The predicted octanol–water partition coefficient (Wildman–Crippen LogP) is -1.02. The molecule has 2 saturated heterocycles. The number of carboxylic acids is 1. The van der Waals surface area contributed by atoms with Crippen LogP contribution in [-0.4, -0.2) is 93.1 Å². The Morgan fingerprint density at radius 2 is 1.92 bits per heavy atom. The number of imidazole rings is 1. The molecule has 15 heteroatoms. The standard InChI is InChI=1S/C24H38N8O6S/c25-8-4-3-5-15(23(36)37)30-22(35)16(9-14-10-26-13-28-14)29-20(34)11-27-19(33)7-2-1-6-18-21-17(12-39-18)31-24(38)32-21/h10,13,15-18,21H,1-9,11-12,25H2,(H,26,28)(H,27,33)(H,29,34)(H,30,35)(H,36,37)(H2,31,32,38)/t15?,16?,17-,18-,21-/m0/s1. The number of nitrogens with two attached hydrogens (primary N) is 1. The van der Waals surface area contributed by atoms with E-state index in [1.807, 2.05) is 11.8 Å². The molecule has 3 rings (SSSR count). The number of amides is 5. The van der Waals surface area contributed by atoms with Gasteiger partial charge < -0.3 is 42.4 Å². The first-order chi connectivity index (χ1) is 18.8. The summed E-state index contributed by atoms with van der Waals surface area (Å²) in [4.78, 5) is 67.6. The predicted molar refractivity (Wildman–Crippen MR) is 144 cm³/mol. The highest BCUT2D eigenvalue weighted by molar-refractivity contribution is 8.00. The minimum Gasteiger partial charge on any atom is -0.480 e. The van der Waals surface area contributed by atoms with Crippen molar-refractivity contribution in [2.24, 2.45) is 5.73 Å². The summed E-state index contributed by atoms with van der Waals surface area (Å²) >= 11 is 1.82. The van der Waals surface area contributed by atoms with E-state index >= 15 is 0 Å². The second-order valence-electron chi connectivity index (χ2n) is 9.73. The Morgan fingerprint density at radius 3 is 2.64 bits per heavy atom.